The average Bonchev–Trinajstić information content (AvgIpc) is 3.06. The molecule has 0 saturated heterocycles. The number of hydrogen-bond acceptors (Lipinski definition) is 5. The molecule has 0 saturated carbocycles. The van der Waals surface area contributed by atoms with E-state index in [0.29, 0.717) is 17.7 Å². The van der Waals surface area contributed by atoms with Crippen molar-refractivity contribution in [1.29, 1.82) is 0 Å². The van der Waals surface area contributed by atoms with Crippen LogP contribution in [-0.2, 0) is 0 Å². The van der Waals surface area contributed by atoms with Crippen molar-refractivity contribution in [2.24, 2.45) is 0 Å². The first-order chi connectivity index (χ1) is 9.77. The van der Waals surface area contributed by atoms with Crippen molar-refractivity contribution in [1.82, 2.24) is 9.88 Å². The van der Waals surface area contributed by atoms with Gasteiger partial charge < -0.3 is 0 Å². The molecule has 3 rings (SSSR count). The number of imide groups is 1. The van der Waals surface area contributed by atoms with E-state index in [1.165, 1.54) is 4.90 Å². The lowest BCUT2D eigenvalue weighted by Gasteiger charge is -2.12. The molecule has 1 aromatic heterocycles. The zero-order chi connectivity index (χ0) is 13.9. The van der Waals surface area contributed by atoms with Crippen molar-refractivity contribution in [3.8, 4) is 0 Å². The van der Waals surface area contributed by atoms with Gasteiger partial charge >= 0.3 is 0 Å². The Kier molecular flexibility index (Phi) is 3.84. The van der Waals surface area contributed by atoms with Crippen LogP contribution in [0.3, 0.4) is 0 Å². The van der Waals surface area contributed by atoms with Gasteiger partial charge in [-0.05, 0) is 18.6 Å². The number of carbonyl (C=O) groups excluding carboxylic acids is 2. The minimum absolute atomic E-state index is 0.176. The Bertz CT molecular complexity index is 605. The third-order valence-electron chi connectivity index (χ3n) is 3.04. The molecule has 20 heavy (non-hydrogen) atoms. The third-order valence-corrected chi connectivity index (χ3v) is 5.09. The molecule has 1 aromatic carbocycles. The van der Waals surface area contributed by atoms with Gasteiger partial charge in [0.1, 0.15) is 4.34 Å². The van der Waals surface area contributed by atoms with Crippen LogP contribution in [0.15, 0.2) is 40.2 Å². The SMILES string of the molecule is O=C1c2ccccc2C(=O)N1CCCSc1nccs1. The lowest BCUT2D eigenvalue weighted by molar-refractivity contribution is 0.0655. The van der Waals surface area contributed by atoms with Crippen LogP contribution in [-0.4, -0.2) is 34.0 Å². The molecule has 2 heterocycles. The monoisotopic (exact) mass is 304 g/mol. The van der Waals surface area contributed by atoms with Crippen molar-refractivity contribution < 1.29 is 9.59 Å². The minimum atomic E-state index is -0.176. The molecule has 0 aliphatic carbocycles. The van der Waals surface area contributed by atoms with E-state index in [2.05, 4.69) is 4.98 Å². The molecule has 4 nitrogen and oxygen atoms in total. The van der Waals surface area contributed by atoms with E-state index >= 15 is 0 Å². The van der Waals surface area contributed by atoms with Crippen LogP contribution in [0.25, 0.3) is 0 Å². The lowest BCUT2D eigenvalue weighted by atomic mass is 10.1. The molecule has 0 radical (unpaired) electrons. The molecule has 0 unspecified atom stereocenters. The summed E-state index contributed by atoms with van der Waals surface area (Å²) < 4.78 is 1.02. The van der Waals surface area contributed by atoms with Gasteiger partial charge in [-0.15, -0.1) is 11.3 Å². The third kappa shape index (κ3) is 2.48. The van der Waals surface area contributed by atoms with Crippen LogP contribution in [0, 0.1) is 0 Å². The second-order valence-electron chi connectivity index (χ2n) is 4.31. The molecule has 2 amide bonds. The standard InChI is InChI=1S/C14H12N2O2S2/c17-12-10-4-1-2-5-11(10)13(18)16(12)7-3-8-19-14-15-6-9-20-14/h1-2,4-6,9H,3,7-8H2. The van der Waals surface area contributed by atoms with Crippen molar-refractivity contribution in [2.75, 3.05) is 12.3 Å². The van der Waals surface area contributed by atoms with E-state index in [1.54, 1.807) is 53.6 Å². The Morgan fingerprint density at radius 3 is 2.45 bits per heavy atom. The minimum Gasteiger partial charge on any atom is -0.274 e. The van der Waals surface area contributed by atoms with Crippen LogP contribution < -0.4 is 0 Å². The number of thioether (sulfide) groups is 1. The summed E-state index contributed by atoms with van der Waals surface area (Å²) >= 11 is 3.26. The second kappa shape index (κ2) is 5.76. The van der Waals surface area contributed by atoms with Crippen LogP contribution in [0.1, 0.15) is 27.1 Å². The van der Waals surface area contributed by atoms with E-state index < -0.39 is 0 Å². The van der Waals surface area contributed by atoms with Crippen LogP contribution in [0.5, 0.6) is 0 Å². The topological polar surface area (TPSA) is 50.3 Å². The summed E-state index contributed by atoms with van der Waals surface area (Å²) in [7, 11) is 0. The highest BCUT2D eigenvalue weighted by Gasteiger charge is 2.34. The maximum atomic E-state index is 12.1. The van der Waals surface area contributed by atoms with E-state index in [1.807, 2.05) is 5.38 Å². The molecule has 0 atom stereocenters. The number of aromatic nitrogens is 1. The van der Waals surface area contributed by atoms with Crippen molar-refractivity contribution in [2.45, 2.75) is 10.8 Å². The predicted molar refractivity (Wildman–Crippen MR) is 79.3 cm³/mol. The van der Waals surface area contributed by atoms with Crippen molar-refractivity contribution in [3.05, 3.63) is 47.0 Å². The number of fused-ring (bicyclic) bond motifs is 1. The molecule has 0 fully saturated rings. The summed E-state index contributed by atoms with van der Waals surface area (Å²) in [6.45, 7) is 0.463. The highest BCUT2D eigenvalue weighted by Crippen LogP contribution is 2.24. The highest BCUT2D eigenvalue weighted by atomic mass is 32.2. The lowest BCUT2D eigenvalue weighted by Crippen LogP contribution is -2.30. The van der Waals surface area contributed by atoms with E-state index in [0.717, 1.165) is 16.5 Å². The Balaban J connectivity index is 1.57. The van der Waals surface area contributed by atoms with E-state index in [4.69, 9.17) is 0 Å². The average molecular weight is 304 g/mol. The number of nitrogens with zero attached hydrogens (tertiary/aromatic N) is 2. The smallest absolute Gasteiger partial charge is 0.261 e. The molecule has 6 heteroatoms. The number of carbonyl (C=O) groups is 2. The molecule has 0 N–H and O–H groups in total. The van der Waals surface area contributed by atoms with E-state index in [-0.39, 0.29) is 11.8 Å². The van der Waals surface area contributed by atoms with Crippen LogP contribution >= 0.6 is 23.1 Å². The molecule has 0 spiro atoms. The number of benzene rings is 1. The highest BCUT2D eigenvalue weighted by molar-refractivity contribution is 8.00. The molecule has 0 bridgehead atoms. The molecule has 102 valence electrons. The zero-order valence-corrected chi connectivity index (χ0v) is 12.2. The fourth-order valence-electron chi connectivity index (χ4n) is 2.11. The van der Waals surface area contributed by atoms with Crippen LogP contribution in [0.4, 0.5) is 0 Å². The first kappa shape index (κ1) is 13.3. The van der Waals surface area contributed by atoms with Gasteiger partial charge in [0, 0.05) is 23.9 Å². The summed E-state index contributed by atoms with van der Waals surface area (Å²) in [6, 6.07) is 6.98. The van der Waals surface area contributed by atoms with Gasteiger partial charge in [0.15, 0.2) is 0 Å². The van der Waals surface area contributed by atoms with E-state index in [9.17, 15) is 9.59 Å². The quantitative estimate of drug-likeness (QED) is 0.484. The number of rotatable bonds is 5. The van der Waals surface area contributed by atoms with Gasteiger partial charge in [0.05, 0.1) is 11.1 Å². The van der Waals surface area contributed by atoms with Gasteiger partial charge in [-0.1, -0.05) is 23.9 Å². The van der Waals surface area contributed by atoms with Crippen LogP contribution in [0.2, 0.25) is 0 Å². The van der Waals surface area contributed by atoms with Gasteiger partial charge in [-0.2, -0.15) is 0 Å². The summed E-state index contributed by atoms with van der Waals surface area (Å²) in [6.07, 6.45) is 2.55. The number of thiazole rings is 1. The first-order valence-corrected chi connectivity index (χ1v) is 8.11. The van der Waals surface area contributed by atoms with Crippen molar-refractivity contribution in [3.63, 3.8) is 0 Å². The Morgan fingerprint density at radius 1 is 1.15 bits per heavy atom. The molecular weight excluding hydrogens is 292 g/mol. The molecule has 1 aliphatic rings. The molecular formula is C14H12N2O2S2. The normalized spacial score (nSPS) is 13.9. The summed E-state index contributed by atoms with van der Waals surface area (Å²) in [5.41, 5.74) is 1.04. The molecule has 2 aromatic rings. The number of hydrogen-bond donors (Lipinski definition) is 0. The fraction of sp³-hybridized carbons (Fsp3) is 0.214. The Morgan fingerprint density at radius 2 is 1.85 bits per heavy atom. The van der Waals surface area contributed by atoms with Crippen molar-refractivity contribution >= 4 is 34.9 Å². The fourth-order valence-corrected chi connectivity index (χ4v) is 3.74. The zero-order valence-electron chi connectivity index (χ0n) is 10.6. The number of amides is 2. The second-order valence-corrected chi connectivity index (χ2v) is 6.54. The first-order valence-electron chi connectivity index (χ1n) is 6.25. The van der Waals surface area contributed by atoms with Gasteiger partial charge in [0.2, 0.25) is 0 Å². The predicted octanol–water partition coefficient (Wildman–Crippen LogP) is 2.92. The van der Waals surface area contributed by atoms with Gasteiger partial charge in [-0.25, -0.2) is 4.98 Å². The van der Waals surface area contributed by atoms with Gasteiger partial charge in [0.25, 0.3) is 11.8 Å². The van der Waals surface area contributed by atoms with Gasteiger partial charge in [-0.3, -0.25) is 14.5 Å². The summed E-state index contributed by atoms with van der Waals surface area (Å²) in [5, 5.41) is 1.94. The largest absolute Gasteiger partial charge is 0.274 e. The summed E-state index contributed by atoms with van der Waals surface area (Å²) in [4.78, 5) is 29.8. The maximum Gasteiger partial charge on any atom is 0.261 e. The maximum absolute atomic E-state index is 12.1. The molecule has 1 aliphatic heterocycles. The summed E-state index contributed by atoms with van der Waals surface area (Å²) in [5.74, 6) is 0.496. The Hall–Kier alpha value is -1.66. The Labute approximate surface area is 124 Å².